The van der Waals surface area contributed by atoms with Gasteiger partial charge < -0.3 is 20.5 Å². The zero-order valence-corrected chi connectivity index (χ0v) is 19.4. The minimum atomic E-state index is -0.586. The van der Waals surface area contributed by atoms with Crippen molar-refractivity contribution in [2.75, 3.05) is 5.32 Å². The molecule has 1 saturated carbocycles. The third kappa shape index (κ3) is 4.48. The van der Waals surface area contributed by atoms with Gasteiger partial charge in [-0.25, -0.2) is 19.7 Å². The van der Waals surface area contributed by atoms with Crippen LogP contribution in [0.3, 0.4) is 0 Å². The highest BCUT2D eigenvalue weighted by atomic mass is 16.6. The number of fused-ring (bicyclic) bond motifs is 2. The lowest BCUT2D eigenvalue weighted by molar-refractivity contribution is -0.00161. The quantitative estimate of drug-likeness (QED) is 0.554. The molecule has 172 valence electrons. The first-order valence-electron chi connectivity index (χ1n) is 11.3. The Morgan fingerprint density at radius 1 is 1.15 bits per heavy atom. The number of carbonyl (C=O) groups is 1. The van der Waals surface area contributed by atoms with E-state index < -0.39 is 11.1 Å². The monoisotopic (exact) mass is 447 g/mol. The van der Waals surface area contributed by atoms with Crippen molar-refractivity contribution in [2.24, 2.45) is 5.73 Å². The molecule has 2 aliphatic rings. The second-order valence-corrected chi connectivity index (χ2v) is 10.1. The Morgan fingerprint density at radius 3 is 2.67 bits per heavy atom. The summed E-state index contributed by atoms with van der Waals surface area (Å²) in [5.41, 5.74) is 7.49. The molecule has 0 atom stereocenters. The van der Waals surface area contributed by atoms with Crippen molar-refractivity contribution in [3.05, 3.63) is 47.4 Å². The SMILES string of the molecule is CC1(C)CCc2nc(Nc3cc4c(C(C)(C)N)cnc(OC5CC5)c4cn3)ccc2C(=O)O1. The fourth-order valence-electron chi connectivity index (χ4n) is 3.99. The number of cyclic esters (lactones) is 1. The van der Waals surface area contributed by atoms with Gasteiger partial charge in [-0.15, -0.1) is 0 Å². The second-order valence-electron chi connectivity index (χ2n) is 10.1. The number of nitrogens with zero attached hydrogens (tertiary/aromatic N) is 3. The average molecular weight is 448 g/mol. The first-order chi connectivity index (χ1) is 15.6. The van der Waals surface area contributed by atoms with Gasteiger partial charge in [0.15, 0.2) is 0 Å². The minimum absolute atomic E-state index is 0.232. The van der Waals surface area contributed by atoms with Crippen LogP contribution in [0.5, 0.6) is 5.88 Å². The summed E-state index contributed by atoms with van der Waals surface area (Å²) in [4.78, 5) is 26.2. The Labute approximate surface area is 192 Å². The lowest BCUT2D eigenvalue weighted by Crippen LogP contribution is -2.29. The normalized spacial score (nSPS) is 17.8. The maximum absolute atomic E-state index is 12.5. The van der Waals surface area contributed by atoms with Crippen molar-refractivity contribution in [1.29, 1.82) is 0 Å². The number of aryl methyl sites for hydroxylation is 1. The highest BCUT2D eigenvalue weighted by Crippen LogP contribution is 2.35. The van der Waals surface area contributed by atoms with Crippen molar-refractivity contribution >= 4 is 28.4 Å². The molecule has 0 saturated heterocycles. The molecular formula is C25H29N5O3. The van der Waals surface area contributed by atoms with E-state index in [1.54, 1.807) is 24.5 Å². The molecule has 33 heavy (non-hydrogen) atoms. The zero-order valence-electron chi connectivity index (χ0n) is 19.4. The molecule has 1 aliphatic carbocycles. The van der Waals surface area contributed by atoms with E-state index in [1.165, 1.54) is 0 Å². The summed E-state index contributed by atoms with van der Waals surface area (Å²) in [6.07, 6.45) is 7.26. The summed E-state index contributed by atoms with van der Waals surface area (Å²) in [5.74, 6) is 1.50. The molecule has 3 aromatic rings. The topological polar surface area (TPSA) is 112 Å². The van der Waals surface area contributed by atoms with E-state index in [0.717, 1.165) is 34.9 Å². The van der Waals surface area contributed by atoms with E-state index in [2.05, 4.69) is 20.3 Å². The molecule has 3 aromatic heterocycles. The van der Waals surface area contributed by atoms with E-state index in [1.807, 2.05) is 33.8 Å². The van der Waals surface area contributed by atoms with Gasteiger partial charge in [-0.05, 0) is 82.5 Å². The smallest absolute Gasteiger partial charge is 0.340 e. The maximum Gasteiger partial charge on any atom is 0.340 e. The van der Waals surface area contributed by atoms with Crippen LogP contribution in [0.4, 0.5) is 11.6 Å². The highest BCUT2D eigenvalue weighted by Gasteiger charge is 2.30. The van der Waals surface area contributed by atoms with Gasteiger partial charge in [0.05, 0.1) is 16.6 Å². The molecule has 8 nitrogen and oxygen atoms in total. The fourth-order valence-corrected chi connectivity index (χ4v) is 3.99. The number of rotatable bonds is 5. The Hall–Kier alpha value is -3.26. The Morgan fingerprint density at radius 2 is 1.94 bits per heavy atom. The first kappa shape index (κ1) is 21.6. The average Bonchev–Trinajstić information content (AvgIpc) is 3.56. The lowest BCUT2D eigenvalue weighted by atomic mass is 9.93. The summed E-state index contributed by atoms with van der Waals surface area (Å²) in [6.45, 7) is 7.74. The molecule has 0 spiro atoms. The summed E-state index contributed by atoms with van der Waals surface area (Å²) < 4.78 is 11.6. The molecule has 5 rings (SSSR count). The number of nitrogens with two attached hydrogens (primary N) is 1. The number of carbonyl (C=O) groups excluding carboxylic acids is 1. The molecule has 0 unspecified atom stereocenters. The van der Waals surface area contributed by atoms with Crippen molar-refractivity contribution in [3.63, 3.8) is 0 Å². The maximum atomic E-state index is 12.5. The first-order valence-corrected chi connectivity index (χ1v) is 11.3. The van der Waals surface area contributed by atoms with Gasteiger partial charge in [-0.3, -0.25) is 0 Å². The van der Waals surface area contributed by atoms with E-state index in [-0.39, 0.29) is 12.1 Å². The number of aromatic nitrogens is 3. The van der Waals surface area contributed by atoms with E-state index in [4.69, 9.17) is 15.2 Å². The highest BCUT2D eigenvalue weighted by molar-refractivity contribution is 5.92. The van der Waals surface area contributed by atoms with Crippen LogP contribution in [-0.4, -0.2) is 32.6 Å². The Kier molecular flexibility index (Phi) is 5.01. The van der Waals surface area contributed by atoms with Gasteiger partial charge in [0.25, 0.3) is 0 Å². The van der Waals surface area contributed by atoms with Crippen LogP contribution < -0.4 is 15.8 Å². The molecule has 0 radical (unpaired) electrons. The van der Waals surface area contributed by atoms with Crippen LogP contribution in [0.1, 0.15) is 68.6 Å². The van der Waals surface area contributed by atoms with Crippen LogP contribution >= 0.6 is 0 Å². The number of hydrogen-bond donors (Lipinski definition) is 2. The van der Waals surface area contributed by atoms with Gasteiger partial charge >= 0.3 is 5.97 Å². The minimum Gasteiger partial charge on any atom is -0.474 e. The Bertz CT molecular complexity index is 1240. The molecule has 0 bridgehead atoms. The van der Waals surface area contributed by atoms with Crippen LogP contribution in [0.15, 0.2) is 30.6 Å². The van der Waals surface area contributed by atoms with Crippen LogP contribution in [0, 0.1) is 0 Å². The number of pyridine rings is 3. The summed E-state index contributed by atoms with van der Waals surface area (Å²) in [6, 6.07) is 5.48. The number of esters is 1. The molecule has 3 N–H and O–H groups in total. The molecule has 4 heterocycles. The summed E-state index contributed by atoms with van der Waals surface area (Å²) in [7, 11) is 0. The van der Waals surface area contributed by atoms with Gasteiger partial charge in [0.1, 0.15) is 23.3 Å². The molecule has 0 aromatic carbocycles. The van der Waals surface area contributed by atoms with Crippen molar-refractivity contribution in [3.8, 4) is 5.88 Å². The molecule has 1 aliphatic heterocycles. The number of nitrogens with one attached hydrogen (secondary N) is 1. The number of ether oxygens (including phenoxy) is 2. The molecule has 8 heteroatoms. The van der Waals surface area contributed by atoms with Gasteiger partial charge in [0.2, 0.25) is 5.88 Å². The summed E-state index contributed by atoms with van der Waals surface area (Å²) in [5, 5.41) is 5.05. The Balaban J connectivity index is 1.50. The molecule has 0 amide bonds. The third-order valence-corrected chi connectivity index (χ3v) is 6.02. The third-order valence-electron chi connectivity index (χ3n) is 6.02. The predicted molar refractivity (Wildman–Crippen MR) is 126 cm³/mol. The number of hydrogen-bond acceptors (Lipinski definition) is 8. The van der Waals surface area contributed by atoms with Crippen LogP contribution in [0.25, 0.3) is 10.8 Å². The standard InChI is InChI=1S/C25H29N5O3/c1-24(2)10-9-19-15(23(31)33-24)7-8-20(29-19)30-21-11-16-17(12-27-21)22(32-14-5-6-14)28-13-18(16)25(3,4)26/h7-8,11-14H,5-6,9-10,26H2,1-4H3,(H,27,29,30). The van der Waals surface area contributed by atoms with Crippen LogP contribution in [-0.2, 0) is 16.7 Å². The van der Waals surface area contributed by atoms with Crippen LogP contribution in [0.2, 0.25) is 0 Å². The van der Waals surface area contributed by atoms with Gasteiger partial charge in [0, 0.05) is 17.9 Å². The molecular weight excluding hydrogens is 418 g/mol. The van der Waals surface area contributed by atoms with Crippen molar-refractivity contribution in [2.45, 2.75) is 70.6 Å². The zero-order chi connectivity index (χ0) is 23.4. The fraction of sp³-hybridized carbons (Fsp3) is 0.440. The second kappa shape index (κ2) is 7.66. The van der Waals surface area contributed by atoms with E-state index in [9.17, 15) is 4.79 Å². The molecule has 1 fully saturated rings. The lowest BCUT2D eigenvalue weighted by Gasteiger charge is -2.22. The van der Waals surface area contributed by atoms with Crippen molar-refractivity contribution < 1.29 is 14.3 Å². The van der Waals surface area contributed by atoms with Gasteiger partial charge in [-0.2, -0.15) is 0 Å². The van der Waals surface area contributed by atoms with E-state index in [0.29, 0.717) is 35.9 Å². The summed E-state index contributed by atoms with van der Waals surface area (Å²) >= 11 is 0. The van der Waals surface area contributed by atoms with E-state index >= 15 is 0 Å². The number of anilines is 2. The largest absolute Gasteiger partial charge is 0.474 e. The predicted octanol–water partition coefficient (Wildman–Crippen LogP) is 4.39. The van der Waals surface area contributed by atoms with Crippen molar-refractivity contribution in [1.82, 2.24) is 15.0 Å². The van der Waals surface area contributed by atoms with Gasteiger partial charge in [-0.1, -0.05) is 0 Å².